The lowest BCUT2D eigenvalue weighted by Gasteiger charge is -2.31. The molecule has 1 fully saturated rings. The second-order valence-corrected chi connectivity index (χ2v) is 6.11. The molecule has 5 nitrogen and oxygen atoms in total. The molecule has 116 valence electrons. The lowest BCUT2D eigenvalue weighted by molar-refractivity contribution is -0.139. The maximum Gasteiger partial charge on any atom is 0.305 e. The summed E-state index contributed by atoms with van der Waals surface area (Å²) >= 11 is 0. The van der Waals surface area contributed by atoms with Gasteiger partial charge in [-0.2, -0.15) is 0 Å². The summed E-state index contributed by atoms with van der Waals surface area (Å²) in [6.45, 7) is 8.38. The van der Waals surface area contributed by atoms with Gasteiger partial charge in [0.15, 0.2) is 0 Å². The number of hydrogen-bond donors (Lipinski definition) is 2. The number of piperidine rings is 1. The smallest absolute Gasteiger partial charge is 0.305 e. The van der Waals surface area contributed by atoms with Crippen LogP contribution in [0.2, 0.25) is 0 Å². The molecular formula is C15H28N2O3. The van der Waals surface area contributed by atoms with Crippen LogP contribution in [-0.4, -0.2) is 47.6 Å². The van der Waals surface area contributed by atoms with E-state index in [2.05, 4.69) is 12.2 Å². The van der Waals surface area contributed by atoms with E-state index in [-0.39, 0.29) is 18.4 Å². The normalized spacial score (nSPS) is 20.7. The number of carboxylic acids is 1. The summed E-state index contributed by atoms with van der Waals surface area (Å²) in [4.78, 5) is 24.7. The van der Waals surface area contributed by atoms with Crippen LogP contribution in [0.15, 0.2) is 0 Å². The van der Waals surface area contributed by atoms with Crippen molar-refractivity contribution < 1.29 is 14.7 Å². The highest BCUT2D eigenvalue weighted by atomic mass is 16.4. The van der Waals surface area contributed by atoms with Gasteiger partial charge in [0, 0.05) is 19.0 Å². The van der Waals surface area contributed by atoms with E-state index in [0.717, 1.165) is 13.1 Å². The van der Waals surface area contributed by atoms with Crippen LogP contribution in [0.25, 0.3) is 0 Å². The van der Waals surface area contributed by atoms with Gasteiger partial charge < -0.3 is 15.3 Å². The van der Waals surface area contributed by atoms with Gasteiger partial charge in [-0.15, -0.1) is 0 Å². The van der Waals surface area contributed by atoms with Gasteiger partial charge in [0.1, 0.15) is 0 Å². The van der Waals surface area contributed by atoms with E-state index in [1.165, 1.54) is 12.8 Å². The maximum atomic E-state index is 12.4. The average Bonchev–Trinajstić information content (AvgIpc) is 2.39. The van der Waals surface area contributed by atoms with Crippen LogP contribution in [0.5, 0.6) is 0 Å². The minimum absolute atomic E-state index is 0.0171. The van der Waals surface area contributed by atoms with Crippen molar-refractivity contribution in [2.45, 2.75) is 52.5 Å². The van der Waals surface area contributed by atoms with Gasteiger partial charge >= 0.3 is 5.97 Å². The second kappa shape index (κ2) is 8.25. The van der Waals surface area contributed by atoms with E-state index in [9.17, 15) is 9.59 Å². The summed E-state index contributed by atoms with van der Waals surface area (Å²) in [5.74, 6) is 0.134. The zero-order valence-corrected chi connectivity index (χ0v) is 12.9. The number of carboxylic acid groups (broad SMARTS) is 1. The molecule has 0 radical (unpaired) electrons. The average molecular weight is 284 g/mol. The van der Waals surface area contributed by atoms with E-state index in [4.69, 9.17) is 5.11 Å². The fourth-order valence-electron chi connectivity index (χ4n) is 2.81. The van der Waals surface area contributed by atoms with Gasteiger partial charge in [-0.05, 0) is 51.6 Å². The molecule has 0 aliphatic carbocycles. The minimum Gasteiger partial charge on any atom is -0.481 e. The second-order valence-electron chi connectivity index (χ2n) is 6.11. The van der Waals surface area contributed by atoms with Crippen LogP contribution < -0.4 is 5.32 Å². The van der Waals surface area contributed by atoms with E-state index in [1.807, 2.05) is 13.8 Å². The van der Waals surface area contributed by atoms with Crippen LogP contribution in [0, 0.1) is 11.8 Å². The molecule has 5 heteroatoms. The molecule has 1 amide bonds. The molecule has 1 aliphatic rings. The molecule has 1 rings (SSSR count). The number of hydrogen-bond acceptors (Lipinski definition) is 3. The van der Waals surface area contributed by atoms with E-state index in [1.54, 1.807) is 4.90 Å². The molecule has 0 aromatic carbocycles. The van der Waals surface area contributed by atoms with Gasteiger partial charge in [-0.25, -0.2) is 0 Å². The fourth-order valence-corrected chi connectivity index (χ4v) is 2.81. The Morgan fingerprint density at radius 2 is 2.05 bits per heavy atom. The number of carbonyl (C=O) groups is 2. The first-order chi connectivity index (χ1) is 9.41. The minimum atomic E-state index is -0.854. The zero-order valence-electron chi connectivity index (χ0n) is 12.9. The third-order valence-corrected chi connectivity index (χ3v) is 4.15. The summed E-state index contributed by atoms with van der Waals surface area (Å²) in [6.07, 6.45) is 2.89. The summed E-state index contributed by atoms with van der Waals surface area (Å²) in [6, 6.07) is 0.0542. The van der Waals surface area contributed by atoms with Crippen LogP contribution >= 0.6 is 0 Å². The monoisotopic (exact) mass is 284 g/mol. The fraction of sp³-hybridized carbons (Fsp3) is 0.867. The molecule has 0 saturated carbocycles. The highest BCUT2D eigenvalue weighted by Gasteiger charge is 2.25. The molecule has 1 saturated heterocycles. The van der Waals surface area contributed by atoms with Crippen molar-refractivity contribution in [2.75, 3.05) is 19.6 Å². The van der Waals surface area contributed by atoms with Crippen LogP contribution in [0.1, 0.15) is 46.5 Å². The van der Waals surface area contributed by atoms with Crippen molar-refractivity contribution in [2.24, 2.45) is 11.8 Å². The third-order valence-electron chi connectivity index (χ3n) is 4.15. The number of nitrogens with one attached hydrogen (secondary N) is 1. The lowest BCUT2D eigenvalue weighted by atomic mass is 9.85. The Hall–Kier alpha value is -1.10. The van der Waals surface area contributed by atoms with Gasteiger partial charge in [0.25, 0.3) is 0 Å². The molecule has 1 aliphatic heterocycles. The van der Waals surface area contributed by atoms with Crippen molar-refractivity contribution in [1.82, 2.24) is 10.2 Å². The number of aliphatic carboxylic acids is 1. The molecular weight excluding hydrogens is 256 g/mol. The summed E-state index contributed by atoms with van der Waals surface area (Å²) in [5, 5.41) is 12.1. The summed E-state index contributed by atoms with van der Waals surface area (Å²) < 4.78 is 0. The predicted octanol–water partition coefficient (Wildman–Crippen LogP) is 1.72. The molecule has 0 bridgehead atoms. The van der Waals surface area contributed by atoms with Crippen molar-refractivity contribution in [3.8, 4) is 0 Å². The first-order valence-corrected chi connectivity index (χ1v) is 7.63. The van der Waals surface area contributed by atoms with E-state index < -0.39 is 5.97 Å². The molecule has 2 atom stereocenters. The molecule has 0 spiro atoms. The number of carbonyl (C=O) groups excluding carboxylic acids is 1. The quantitative estimate of drug-likeness (QED) is 0.747. The SMILES string of the molecule is CC(CC(=O)N(CCC(=O)O)C(C)C)C1CCCNC1. The Kier molecular flexibility index (Phi) is 6.99. The first-order valence-electron chi connectivity index (χ1n) is 7.63. The van der Waals surface area contributed by atoms with Crippen LogP contribution in [-0.2, 0) is 9.59 Å². The first kappa shape index (κ1) is 17.0. The van der Waals surface area contributed by atoms with Crippen molar-refractivity contribution >= 4 is 11.9 Å². The topological polar surface area (TPSA) is 69.6 Å². The summed E-state index contributed by atoms with van der Waals surface area (Å²) in [7, 11) is 0. The largest absolute Gasteiger partial charge is 0.481 e. The number of nitrogens with zero attached hydrogens (tertiary/aromatic N) is 1. The zero-order chi connectivity index (χ0) is 15.1. The number of rotatable bonds is 7. The Morgan fingerprint density at radius 3 is 2.55 bits per heavy atom. The highest BCUT2D eigenvalue weighted by Crippen LogP contribution is 2.23. The van der Waals surface area contributed by atoms with Crippen LogP contribution in [0.4, 0.5) is 0 Å². The van der Waals surface area contributed by atoms with Crippen molar-refractivity contribution in [3.63, 3.8) is 0 Å². The maximum absolute atomic E-state index is 12.4. The van der Waals surface area contributed by atoms with Gasteiger partial charge in [0.2, 0.25) is 5.91 Å². The van der Waals surface area contributed by atoms with Gasteiger partial charge in [0.05, 0.1) is 6.42 Å². The number of amides is 1. The Labute approximate surface area is 121 Å². The standard InChI is InChI=1S/C15H28N2O3/c1-11(2)17(8-6-15(19)20)14(18)9-12(3)13-5-4-7-16-10-13/h11-13,16H,4-10H2,1-3H3,(H,19,20). The van der Waals surface area contributed by atoms with E-state index in [0.29, 0.717) is 24.8 Å². The molecule has 20 heavy (non-hydrogen) atoms. The highest BCUT2D eigenvalue weighted by molar-refractivity contribution is 5.77. The van der Waals surface area contributed by atoms with Crippen molar-refractivity contribution in [1.29, 1.82) is 0 Å². The van der Waals surface area contributed by atoms with Crippen molar-refractivity contribution in [3.05, 3.63) is 0 Å². The molecule has 2 unspecified atom stereocenters. The predicted molar refractivity (Wildman–Crippen MR) is 78.5 cm³/mol. The lowest BCUT2D eigenvalue weighted by Crippen LogP contribution is -2.41. The van der Waals surface area contributed by atoms with Crippen LogP contribution in [0.3, 0.4) is 0 Å². The molecule has 1 heterocycles. The van der Waals surface area contributed by atoms with E-state index >= 15 is 0 Å². The molecule has 0 aromatic rings. The van der Waals surface area contributed by atoms with Gasteiger partial charge in [-0.3, -0.25) is 9.59 Å². The van der Waals surface area contributed by atoms with Gasteiger partial charge in [-0.1, -0.05) is 6.92 Å². The Morgan fingerprint density at radius 1 is 1.35 bits per heavy atom. The Balaban J connectivity index is 2.49. The molecule has 2 N–H and O–H groups in total. The Bertz CT molecular complexity index is 325. The summed E-state index contributed by atoms with van der Waals surface area (Å²) in [5.41, 5.74) is 0. The third kappa shape index (κ3) is 5.49. The molecule has 0 aromatic heterocycles.